The van der Waals surface area contributed by atoms with Crippen molar-refractivity contribution < 1.29 is 0 Å². The first-order chi connectivity index (χ1) is 6.65. The van der Waals surface area contributed by atoms with E-state index in [4.69, 9.17) is 0 Å². The first-order valence-corrected chi connectivity index (χ1v) is 5.36. The van der Waals surface area contributed by atoms with Gasteiger partial charge in [0.15, 0.2) is 0 Å². The molecule has 0 radical (unpaired) electrons. The molecule has 1 heterocycles. The van der Waals surface area contributed by atoms with Crippen LogP contribution in [0.4, 0.5) is 0 Å². The molecule has 0 saturated heterocycles. The SMILES string of the molecule is CCn1c(CNCC(C)C)cnc1C. The van der Waals surface area contributed by atoms with Crippen molar-refractivity contribution in [3.63, 3.8) is 0 Å². The first-order valence-electron chi connectivity index (χ1n) is 5.36. The Morgan fingerprint density at radius 2 is 2.21 bits per heavy atom. The van der Waals surface area contributed by atoms with Crippen molar-refractivity contribution in [2.24, 2.45) is 5.92 Å². The number of hydrogen-bond donors (Lipinski definition) is 1. The van der Waals surface area contributed by atoms with Crippen molar-refractivity contribution in [1.29, 1.82) is 0 Å². The molecule has 0 aromatic carbocycles. The summed E-state index contributed by atoms with van der Waals surface area (Å²) in [6, 6.07) is 0. The van der Waals surface area contributed by atoms with Crippen LogP contribution in [0.1, 0.15) is 32.3 Å². The Labute approximate surface area is 86.5 Å². The lowest BCUT2D eigenvalue weighted by molar-refractivity contribution is 0.535. The molecule has 1 aromatic rings. The van der Waals surface area contributed by atoms with Gasteiger partial charge in [0.1, 0.15) is 5.82 Å². The van der Waals surface area contributed by atoms with Crippen LogP contribution in [0.3, 0.4) is 0 Å². The lowest BCUT2D eigenvalue weighted by Gasteiger charge is -2.09. The van der Waals surface area contributed by atoms with Gasteiger partial charge in [0.25, 0.3) is 0 Å². The van der Waals surface area contributed by atoms with Crippen LogP contribution in [0, 0.1) is 12.8 Å². The average molecular weight is 195 g/mol. The maximum Gasteiger partial charge on any atom is 0.105 e. The third-order valence-electron chi connectivity index (χ3n) is 2.31. The van der Waals surface area contributed by atoms with E-state index in [-0.39, 0.29) is 0 Å². The topological polar surface area (TPSA) is 29.9 Å². The Bertz CT molecular complexity index is 276. The molecule has 1 N–H and O–H groups in total. The summed E-state index contributed by atoms with van der Waals surface area (Å²) in [7, 11) is 0. The highest BCUT2D eigenvalue weighted by Crippen LogP contribution is 2.04. The molecule has 3 heteroatoms. The Kier molecular flexibility index (Phi) is 4.14. The molecule has 0 aliphatic carbocycles. The molecule has 0 amide bonds. The number of imidazole rings is 1. The highest BCUT2D eigenvalue weighted by atomic mass is 15.1. The third kappa shape index (κ3) is 2.84. The van der Waals surface area contributed by atoms with Crippen LogP contribution in [-0.2, 0) is 13.1 Å². The van der Waals surface area contributed by atoms with E-state index < -0.39 is 0 Å². The lowest BCUT2D eigenvalue weighted by Crippen LogP contribution is -2.20. The summed E-state index contributed by atoms with van der Waals surface area (Å²) in [6.07, 6.45) is 1.96. The number of rotatable bonds is 5. The minimum atomic E-state index is 0.703. The van der Waals surface area contributed by atoms with Gasteiger partial charge in [0, 0.05) is 19.3 Å². The minimum Gasteiger partial charge on any atom is -0.331 e. The van der Waals surface area contributed by atoms with Crippen LogP contribution in [0.5, 0.6) is 0 Å². The molecule has 0 fully saturated rings. The number of hydrogen-bond acceptors (Lipinski definition) is 2. The van der Waals surface area contributed by atoms with Gasteiger partial charge in [0.05, 0.1) is 5.69 Å². The summed E-state index contributed by atoms with van der Waals surface area (Å²) < 4.78 is 2.24. The summed E-state index contributed by atoms with van der Waals surface area (Å²) in [5.74, 6) is 1.81. The Balaban J connectivity index is 2.50. The smallest absolute Gasteiger partial charge is 0.105 e. The quantitative estimate of drug-likeness (QED) is 0.778. The van der Waals surface area contributed by atoms with E-state index in [2.05, 4.69) is 42.6 Å². The second kappa shape index (κ2) is 5.15. The number of aryl methyl sites for hydroxylation is 1. The molecule has 0 spiro atoms. The molecular weight excluding hydrogens is 174 g/mol. The zero-order valence-electron chi connectivity index (χ0n) is 9.67. The van der Waals surface area contributed by atoms with Gasteiger partial charge in [-0.25, -0.2) is 4.98 Å². The van der Waals surface area contributed by atoms with Crippen LogP contribution < -0.4 is 5.32 Å². The van der Waals surface area contributed by atoms with Crippen molar-refractivity contribution in [3.05, 3.63) is 17.7 Å². The van der Waals surface area contributed by atoms with Crippen molar-refractivity contribution in [1.82, 2.24) is 14.9 Å². The predicted molar refractivity (Wildman–Crippen MR) is 59.2 cm³/mol. The highest BCUT2D eigenvalue weighted by molar-refractivity contribution is 5.03. The van der Waals surface area contributed by atoms with Crippen LogP contribution in [-0.4, -0.2) is 16.1 Å². The van der Waals surface area contributed by atoms with Crippen molar-refractivity contribution in [2.75, 3.05) is 6.54 Å². The maximum absolute atomic E-state index is 4.31. The number of nitrogens with one attached hydrogen (secondary N) is 1. The molecular formula is C11H21N3. The van der Waals surface area contributed by atoms with Gasteiger partial charge in [-0.1, -0.05) is 13.8 Å². The minimum absolute atomic E-state index is 0.703. The van der Waals surface area contributed by atoms with Crippen molar-refractivity contribution >= 4 is 0 Å². The summed E-state index contributed by atoms with van der Waals surface area (Å²) in [5, 5.41) is 3.43. The van der Waals surface area contributed by atoms with Crippen LogP contribution in [0.2, 0.25) is 0 Å². The third-order valence-corrected chi connectivity index (χ3v) is 2.31. The molecule has 0 aliphatic heterocycles. The van der Waals surface area contributed by atoms with Crippen LogP contribution in [0.15, 0.2) is 6.20 Å². The standard InChI is InChI=1S/C11H21N3/c1-5-14-10(4)13-8-11(14)7-12-6-9(2)3/h8-9,12H,5-7H2,1-4H3. The Morgan fingerprint density at radius 3 is 2.79 bits per heavy atom. The lowest BCUT2D eigenvalue weighted by atomic mass is 10.2. The van der Waals surface area contributed by atoms with E-state index in [1.807, 2.05) is 6.20 Å². The van der Waals surface area contributed by atoms with E-state index in [9.17, 15) is 0 Å². The zero-order valence-corrected chi connectivity index (χ0v) is 9.67. The van der Waals surface area contributed by atoms with Crippen LogP contribution in [0.25, 0.3) is 0 Å². The maximum atomic E-state index is 4.31. The fourth-order valence-electron chi connectivity index (χ4n) is 1.58. The van der Waals surface area contributed by atoms with E-state index in [1.54, 1.807) is 0 Å². The molecule has 1 aromatic heterocycles. The van der Waals surface area contributed by atoms with Gasteiger partial charge in [-0.15, -0.1) is 0 Å². The summed E-state index contributed by atoms with van der Waals surface area (Å²) in [6.45, 7) is 11.6. The predicted octanol–water partition coefficient (Wildman–Crippen LogP) is 1.96. The monoisotopic (exact) mass is 195 g/mol. The van der Waals surface area contributed by atoms with Gasteiger partial charge < -0.3 is 9.88 Å². The normalized spacial score (nSPS) is 11.2. The largest absolute Gasteiger partial charge is 0.331 e. The van der Waals surface area contributed by atoms with Gasteiger partial charge >= 0.3 is 0 Å². The van der Waals surface area contributed by atoms with E-state index >= 15 is 0 Å². The van der Waals surface area contributed by atoms with Gasteiger partial charge in [-0.2, -0.15) is 0 Å². The van der Waals surface area contributed by atoms with Crippen LogP contribution >= 0.6 is 0 Å². The average Bonchev–Trinajstić information content (AvgIpc) is 2.46. The molecule has 1 rings (SSSR count). The molecule has 0 aliphatic rings. The summed E-state index contributed by atoms with van der Waals surface area (Å²) in [4.78, 5) is 4.31. The number of aromatic nitrogens is 2. The molecule has 0 unspecified atom stereocenters. The first kappa shape index (κ1) is 11.2. The fourth-order valence-corrected chi connectivity index (χ4v) is 1.58. The molecule has 14 heavy (non-hydrogen) atoms. The highest BCUT2D eigenvalue weighted by Gasteiger charge is 2.03. The van der Waals surface area contributed by atoms with E-state index in [1.165, 1.54) is 5.69 Å². The molecule has 3 nitrogen and oxygen atoms in total. The fraction of sp³-hybridized carbons (Fsp3) is 0.727. The van der Waals surface area contributed by atoms with Gasteiger partial charge in [-0.3, -0.25) is 0 Å². The van der Waals surface area contributed by atoms with Gasteiger partial charge in [-0.05, 0) is 26.3 Å². The Morgan fingerprint density at radius 1 is 1.50 bits per heavy atom. The zero-order chi connectivity index (χ0) is 10.6. The summed E-state index contributed by atoms with van der Waals surface area (Å²) >= 11 is 0. The van der Waals surface area contributed by atoms with E-state index in [0.717, 1.165) is 25.5 Å². The Hall–Kier alpha value is -0.830. The second-order valence-electron chi connectivity index (χ2n) is 4.07. The molecule has 80 valence electrons. The number of nitrogens with zero attached hydrogens (tertiary/aromatic N) is 2. The summed E-state index contributed by atoms with van der Waals surface area (Å²) in [5.41, 5.74) is 1.28. The van der Waals surface area contributed by atoms with Crippen molar-refractivity contribution in [3.8, 4) is 0 Å². The molecule has 0 atom stereocenters. The second-order valence-corrected chi connectivity index (χ2v) is 4.07. The van der Waals surface area contributed by atoms with Gasteiger partial charge in [0.2, 0.25) is 0 Å². The molecule has 0 bridgehead atoms. The van der Waals surface area contributed by atoms with Crippen molar-refractivity contribution in [2.45, 2.75) is 40.8 Å². The molecule has 0 saturated carbocycles. The van der Waals surface area contributed by atoms with E-state index in [0.29, 0.717) is 5.92 Å².